The molecule has 1 N–H and O–H groups in total. The Hall–Kier alpha value is -2.17. The molecule has 0 aromatic carbocycles. The van der Waals surface area contributed by atoms with Crippen molar-refractivity contribution in [3.05, 3.63) is 36.7 Å². The molecule has 2 aliphatic rings. The molecule has 10 heteroatoms. The van der Waals surface area contributed by atoms with E-state index in [1.54, 1.807) is 24.2 Å². The van der Waals surface area contributed by atoms with Gasteiger partial charge in [0.2, 0.25) is 17.7 Å². The lowest BCUT2D eigenvalue weighted by Gasteiger charge is -2.37. The van der Waals surface area contributed by atoms with Crippen LogP contribution in [0, 0.1) is 11.8 Å². The van der Waals surface area contributed by atoms with E-state index >= 15 is 0 Å². The van der Waals surface area contributed by atoms with Crippen LogP contribution in [0.15, 0.2) is 33.7 Å². The van der Waals surface area contributed by atoms with Gasteiger partial charge in [-0.3, -0.25) is 9.59 Å². The van der Waals surface area contributed by atoms with Gasteiger partial charge in [-0.2, -0.15) is 0 Å². The molecule has 4 heterocycles. The van der Waals surface area contributed by atoms with Crippen LogP contribution in [0.25, 0.3) is 0 Å². The van der Waals surface area contributed by atoms with Gasteiger partial charge in [-0.1, -0.05) is 38.7 Å². The lowest BCUT2D eigenvalue weighted by molar-refractivity contribution is -0.127. The average molecular weight is 532 g/mol. The molecule has 2 fully saturated rings. The minimum absolute atomic E-state index is 0.0245. The van der Waals surface area contributed by atoms with Gasteiger partial charge in [0.15, 0.2) is 5.13 Å². The molecule has 4 rings (SSSR count). The molecular formula is C26H37N5O3S2. The molecule has 8 nitrogen and oxygen atoms in total. The fourth-order valence-electron chi connectivity index (χ4n) is 4.66. The molecule has 0 saturated carbocycles. The standard InChI is InChI=1S/C26H37N5O3S2/c1-5-22(32)31-12-6-18(7-13-31)16-30-10-8-19(9-11-30)24(33)29-25-28-15-23(36-25)35-17-21-27-14-20(34-21)26(2,3)4/h5,14-15,18-19H,1,6-13,16-17H2,2-4H3,(H,28,29,33). The van der Waals surface area contributed by atoms with Crippen LogP contribution in [0.5, 0.6) is 0 Å². The van der Waals surface area contributed by atoms with E-state index in [0.29, 0.717) is 22.7 Å². The fourth-order valence-corrected chi connectivity index (χ4v) is 6.38. The number of carbonyl (C=O) groups is 2. The van der Waals surface area contributed by atoms with Crippen molar-refractivity contribution in [2.24, 2.45) is 11.8 Å². The van der Waals surface area contributed by atoms with Gasteiger partial charge in [-0.15, -0.1) is 11.8 Å². The molecule has 2 amide bonds. The topological polar surface area (TPSA) is 91.6 Å². The molecule has 0 spiro atoms. The summed E-state index contributed by atoms with van der Waals surface area (Å²) in [6, 6.07) is 0. The number of rotatable bonds is 8. The Labute approximate surface area is 221 Å². The molecule has 2 aromatic heterocycles. The first-order valence-electron chi connectivity index (χ1n) is 12.7. The van der Waals surface area contributed by atoms with Crippen molar-refractivity contribution in [2.45, 2.75) is 61.8 Å². The van der Waals surface area contributed by atoms with Crippen LogP contribution in [0.1, 0.15) is 58.1 Å². The summed E-state index contributed by atoms with van der Waals surface area (Å²) in [6.07, 6.45) is 8.82. The number of carbonyl (C=O) groups excluding carboxylic acids is 2. The SMILES string of the molecule is C=CC(=O)N1CCC(CN2CCC(C(=O)Nc3ncc(SCc4ncc(C(C)(C)C)o4)s3)CC2)CC1. The second-order valence-electron chi connectivity index (χ2n) is 10.7. The van der Waals surface area contributed by atoms with Gasteiger partial charge in [0.05, 0.1) is 22.4 Å². The monoisotopic (exact) mass is 531 g/mol. The van der Waals surface area contributed by atoms with Crippen molar-refractivity contribution in [1.29, 1.82) is 0 Å². The third-order valence-corrected chi connectivity index (χ3v) is 9.01. The van der Waals surface area contributed by atoms with Crippen LogP contribution in [0.3, 0.4) is 0 Å². The number of thiazole rings is 1. The highest BCUT2D eigenvalue weighted by Gasteiger charge is 2.28. The van der Waals surface area contributed by atoms with Crippen LogP contribution < -0.4 is 5.32 Å². The van der Waals surface area contributed by atoms with Gasteiger partial charge >= 0.3 is 0 Å². The van der Waals surface area contributed by atoms with Gasteiger partial charge in [-0.25, -0.2) is 9.97 Å². The summed E-state index contributed by atoms with van der Waals surface area (Å²) < 4.78 is 6.88. The third-order valence-electron chi connectivity index (χ3n) is 6.92. The van der Waals surface area contributed by atoms with E-state index in [0.717, 1.165) is 68.4 Å². The Morgan fingerprint density at radius 2 is 1.89 bits per heavy atom. The third kappa shape index (κ3) is 7.20. The number of amides is 2. The van der Waals surface area contributed by atoms with E-state index in [1.807, 2.05) is 4.90 Å². The molecule has 2 aromatic rings. The highest BCUT2D eigenvalue weighted by Crippen LogP contribution is 2.32. The number of thioether (sulfide) groups is 1. The molecule has 0 radical (unpaired) electrons. The number of hydrogen-bond acceptors (Lipinski definition) is 8. The maximum atomic E-state index is 12.8. The Morgan fingerprint density at radius 1 is 1.17 bits per heavy atom. The zero-order chi connectivity index (χ0) is 25.7. The minimum atomic E-state index is -0.0568. The summed E-state index contributed by atoms with van der Waals surface area (Å²) in [5, 5.41) is 3.67. The van der Waals surface area contributed by atoms with Gasteiger partial charge in [0.1, 0.15) is 5.76 Å². The summed E-state index contributed by atoms with van der Waals surface area (Å²) in [4.78, 5) is 37.7. The van der Waals surface area contributed by atoms with E-state index in [2.05, 4.69) is 47.5 Å². The first-order valence-corrected chi connectivity index (χ1v) is 14.5. The molecule has 36 heavy (non-hydrogen) atoms. The zero-order valence-electron chi connectivity index (χ0n) is 21.5. The maximum Gasteiger partial charge on any atom is 0.245 e. The number of likely N-dealkylation sites (tertiary alicyclic amines) is 2. The van der Waals surface area contributed by atoms with Gasteiger partial charge < -0.3 is 19.5 Å². The second-order valence-corrected chi connectivity index (χ2v) is 13.0. The lowest BCUT2D eigenvalue weighted by atomic mass is 9.92. The second kappa shape index (κ2) is 11.9. The number of oxazole rings is 1. The van der Waals surface area contributed by atoms with Crippen molar-refractivity contribution in [1.82, 2.24) is 19.8 Å². The summed E-state index contributed by atoms with van der Waals surface area (Å²) in [6.45, 7) is 14.5. The predicted octanol–water partition coefficient (Wildman–Crippen LogP) is 4.80. The Balaban J connectivity index is 1.16. The number of anilines is 1. The van der Waals surface area contributed by atoms with Gasteiger partial charge in [0.25, 0.3) is 0 Å². The molecule has 196 valence electrons. The fraction of sp³-hybridized carbons (Fsp3) is 0.615. The van der Waals surface area contributed by atoms with Crippen LogP contribution in [-0.4, -0.2) is 64.3 Å². The number of hydrogen-bond donors (Lipinski definition) is 1. The summed E-state index contributed by atoms with van der Waals surface area (Å²) in [7, 11) is 0. The van der Waals surface area contributed by atoms with Crippen molar-refractivity contribution in [3.63, 3.8) is 0 Å². The van der Waals surface area contributed by atoms with Crippen molar-refractivity contribution in [3.8, 4) is 0 Å². The Bertz CT molecular complexity index is 1040. The van der Waals surface area contributed by atoms with Crippen LogP contribution in [0.4, 0.5) is 5.13 Å². The molecular weight excluding hydrogens is 494 g/mol. The summed E-state index contributed by atoms with van der Waals surface area (Å²) in [5.41, 5.74) is -0.0568. The Kier molecular flexibility index (Phi) is 8.90. The van der Waals surface area contributed by atoms with E-state index in [9.17, 15) is 9.59 Å². The van der Waals surface area contributed by atoms with Gasteiger partial charge in [-0.05, 0) is 50.8 Å². The largest absolute Gasteiger partial charge is 0.444 e. The van der Waals surface area contributed by atoms with Crippen molar-refractivity contribution >= 4 is 40.0 Å². The van der Waals surface area contributed by atoms with E-state index in [-0.39, 0.29) is 23.1 Å². The normalized spacial score (nSPS) is 18.4. The molecule has 2 saturated heterocycles. The first kappa shape index (κ1) is 26.9. The van der Waals surface area contributed by atoms with E-state index in [1.165, 1.54) is 17.4 Å². The molecule has 0 atom stereocenters. The Morgan fingerprint density at radius 3 is 2.53 bits per heavy atom. The van der Waals surface area contributed by atoms with Crippen molar-refractivity contribution in [2.75, 3.05) is 38.0 Å². The molecule has 0 bridgehead atoms. The van der Waals surface area contributed by atoms with Crippen LogP contribution in [0.2, 0.25) is 0 Å². The number of nitrogens with zero attached hydrogens (tertiary/aromatic N) is 4. The maximum absolute atomic E-state index is 12.8. The lowest BCUT2D eigenvalue weighted by Crippen LogP contribution is -2.44. The average Bonchev–Trinajstić information content (AvgIpc) is 3.53. The highest BCUT2D eigenvalue weighted by atomic mass is 32.2. The number of aromatic nitrogens is 2. The smallest absolute Gasteiger partial charge is 0.245 e. The predicted molar refractivity (Wildman–Crippen MR) is 144 cm³/mol. The zero-order valence-corrected chi connectivity index (χ0v) is 23.1. The van der Waals surface area contributed by atoms with Crippen LogP contribution >= 0.6 is 23.1 Å². The highest BCUT2D eigenvalue weighted by molar-refractivity contribution is 8.00. The quantitative estimate of drug-likeness (QED) is 0.387. The van der Waals surface area contributed by atoms with E-state index < -0.39 is 0 Å². The van der Waals surface area contributed by atoms with Crippen LogP contribution in [-0.2, 0) is 20.8 Å². The van der Waals surface area contributed by atoms with E-state index in [4.69, 9.17) is 4.42 Å². The summed E-state index contributed by atoms with van der Waals surface area (Å²) in [5.74, 6) is 2.96. The number of piperidine rings is 2. The molecule has 0 unspecified atom stereocenters. The first-order chi connectivity index (χ1) is 17.2. The van der Waals surface area contributed by atoms with Gasteiger partial charge in [0, 0.05) is 31.0 Å². The molecule has 2 aliphatic heterocycles. The minimum Gasteiger partial charge on any atom is -0.444 e. The summed E-state index contributed by atoms with van der Waals surface area (Å²) >= 11 is 3.11. The molecule has 0 aliphatic carbocycles. The van der Waals surface area contributed by atoms with Crippen molar-refractivity contribution < 1.29 is 14.0 Å². The number of nitrogens with one attached hydrogen (secondary N) is 1.